The minimum atomic E-state index is -0.0541. The average molecular weight is 486 g/mol. The van der Waals surface area contributed by atoms with Crippen LogP contribution in [0.3, 0.4) is 0 Å². The lowest BCUT2D eigenvalue weighted by Gasteiger charge is -2.35. The zero-order chi connectivity index (χ0) is 25.4. The van der Waals surface area contributed by atoms with Crippen LogP contribution >= 0.6 is 0 Å². The molecule has 0 saturated carbocycles. The summed E-state index contributed by atoms with van der Waals surface area (Å²) in [7, 11) is 0. The van der Waals surface area contributed by atoms with Crippen LogP contribution in [0.2, 0.25) is 0 Å². The maximum absolute atomic E-state index is 2.48. The minimum Gasteiger partial charge on any atom is -0.309 e. The molecule has 38 heavy (non-hydrogen) atoms. The summed E-state index contributed by atoms with van der Waals surface area (Å²) >= 11 is 0. The van der Waals surface area contributed by atoms with Crippen molar-refractivity contribution in [1.82, 2.24) is 0 Å². The summed E-state index contributed by atoms with van der Waals surface area (Å²) in [6.45, 7) is 4.73. The molecule has 6 aromatic rings. The molecule has 0 aromatic heterocycles. The third kappa shape index (κ3) is 2.87. The van der Waals surface area contributed by atoms with E-state index in [1.54, 1.807) is 0 Å². The third-order valence-electron chi connectivity index (χ3n) is 8.57. The van der Waals surface area contributed by atoms with Gasteiger partial charge in [0.25, 0.3) is 0 Å². The molecule has 6 aromatic carbocycles. The molecular weight excluding hydrogens is 458 g/mol. The van der Waals surface area contributed by atoms with Crippen LogP contribution in [0.4, 0.5) is 17.1 Å². The topological polar surface area (TPSA) is 3.24 Å². The lowest BCUT2D eigenvalue weighted by atomic mass is 9.81. The molecule has 2 aliphatic rings. The second-order valence-electron chi connectivity index (χ2n) is 11.0. The van der Waals surface area contributed by atoms with Crippen molar-refractivity contribution in [2.75, 3.05) is 4.90 Å². The van der Waals surface area contributed by atoms with Crippen LogP contribution in [0.25, 0.3) is 44.2 Å². The van der Waals surface area contributed by atoms with Crippen molar-refractivity contribution in [3.63, 3.8) is 0 Å². The Balaban J connectivity index is 1.44. The molecule has 1 heteroatoms. The van der Waals surface area contributed by atoms with Crippen LogP contribution < -0.4 is 4.90 Å². The van der Waals surface area contributed by atoms with Gasteiger partial charge >= 0.3 is 0 Å². The van der Waals surface area contributed by atoms with Crippen molar-refractivity contribution in [3.05, 3.63) is 139 Å². The van der Waals surface area contributed by atoms with Gasteiger partial charge in [-0.3, -0.25) is 0 Å². The molecule has 1 nitrogen and oxygen atoms in total. The molecule has 8 rings (SSSR count). The molecule has 0 bridgehead atoms. The molecule has 1 heterocycles. The van der Waals surface area contributed by atoms with E-state index in [-0.39, 0.29) is 5.41 Å². The first-order chi connectivity index (χ1) is 18.6. The molecule has 1 aliphatic heterocycles. The van der Waals surface area contributed by atoms with E-state index in [1.807, 2.05) is 0 Å². The number of hydrogen-bond acceptors (Lipinski definition) is 1. The summed E-state index contributed by atoms with van der Waals surface area (Å²) in [5.41, 5.74) is 14.2. The Bertz CT molecular complexity index is 1890. The lowest BCUT2D eigenvalue weighted by Crippen LogP contribution is -2.18. The lowest BCUT2D eigenvalue weighted by molar-refractivity contribution is 0.660. The van der Waals surface area contributed by atoms with Gasteiger partial charge in [-0.1, -0.05) is 111 Å². The summed E-state index contributed by atoms with van der Waals surface area (Å²) in [6.07, 6.45) is 0. The average Bonchev–Trinajstić information content (AvgIpc) is 3.19. The van der Waals surface area contributed by atoms with Gasteiger partial charge in [-0.25, -0.2) is 0 Å². The Morgan fingerprint density at radius 2 is 1.18 bits per heavy atom. The highest BCUT2D eigenvalue weighted by molar-refractivity contribution is 6.14. The molecule has 1 aliphatic carbocycles. The molecule has 0 N–H and O–H groups in total. The van der Waals surface area contributed by atoms with E-state index < -0.39 is 0 Å². The van der Waals surface area contributed by atoms with Gasteiger partial charge < -0.3 is 4.90 Å². The van der Waals surface area contributed by atoms with Gasteiger partial charge in [0.1, 0.15) is 0 Å². The zero-order valence-electron chi connectivity index (χ0n) is 21.6. The van der Waals surface area contributed by atoms with Crippen molar-refractivity contribution in [1.29, 1.82) is 0 Å². The van der Waals surface area contributed by atoms with Crippen molar-refractivity contribution < 1.29 is 0 Å². The first-order valence-electron chi connectivity index (χ1n) is 13.4. The summed E-state index contributed by atoms with van der Waals surface area (Å²) < 4.78 is 0. The van der Waals surface area contributed by atoms with Crippen LogP contribution in [-0.4, -0.2) is 0 Å². The fourth-order valence-corrected chi connectivity index (χ4v) is 6.73. The smallest absolute Gasteiger partial charge is 0.0546 e. The number of nitrogens with zero attached hydrogens (tertiary/aromatic N) is 1. The second kappa shape index (κ2) is 7.69. The standard InChI is InChI=1S/C37H27N/c1-37(2)32-19-7-6-17-28(32)30-22-31-29-18-9-13-25-14-10-20-34(36(25)29)38(35(31)23-33(30)37)27-16-8-15-26(21-27)24-11-4-3-5-12-24/h3-23H,1-2H3. The predicted octanol–water partition coefficient (Wildman–Crippen LogP) is 10.3. The number of benzene rings is 6. The largest absolute Gasteiger partial charge is 0.309 e. The Kier molecular flexibility index (Phi) is 4.35. The fourth-order valence-electron chi connectivity index (χ4n) is 6.73. The predicted molar refractivity (Wildman–Crippen MR) is 161 cm³/mol. The van der Waals surface area contributed by atoms with E-state index in [0.717, 1.165) is 0 Å². The van der Waals surface area contributed by atoms with Crippen LogP contribution in [0.5, 0.6) is 0 Å². The number of anilines is 3. The molecule has 0 radical (unpaired) electrons. The highest BCUT2D eigenvalue weighted by Crippen LogP contribution is 2.57. The van der Waals surface area contributed by atoms with Crippen molar-refractivity contribution in [2.24, 2.45) is 0 Å². The summed E-state index contributed by atoms with van der Waals surface area (Å²) in [5, 5.41) is 2.59. The van der Waals surface area contributed by atoms with Crippen LogP contribution in [0.15, 0.2) is 127 Å². The highest BCUT2D eigenvalue weighted by Gasteiger charge is 2.38. The summed E-state index contributed by atoms with van der Waals surface area (Å²) in [4.78, 5) is 2.48. The SMILES string of the molecule is CC1(C)c2ccccc2-c2cc3c(cc21)N(c1cccc(-c2ccccc2)c1)c1cccc2cccc-3c12. The fraction of sp³-hybridized carbons (Fsp3) is 0.0811. The maximum atomic E-state index is 2.48. The Morgan fingerprint density at radius 3 is 2.05 bits per heavy atom. The Hall–Kier alpha value is -4.62. The van der Waals surface area contributed by atoms with Gasteiger partial charge in [0.2, 0.25) is 0 Å². The Labute approximate surface area is 223 Å². The van der Waals surface area contributed by atoms with E-state index in [2.05, 4.69) is 146 Å². The van der Waals surface area contributed by atoms with E-state index in [0.29, 0.717) is 0 Å². The normalized spacial score (nSPS) is 14.2. The van der Waals surface area contributed by atoms with Gasteiger partial charge in [0, 0.05) is 22.1 Å². The van der Waals surface area contributed by atoms with E-state index >= 15 is 0 Å². The van der Waals surface area contributed by atoms with Crippen molar-refractivity contribution in [2.45, 2.75) is 19.3 Å². The van der Waals surface area contributed by atoms with Crippen LogP contribution in [0, 0.1) is 0 Å². The van der Waals surface area contributed by atoms with E-state index in [9.17, 15) is 0 Å². The highest BCUT2D eigenvalue weighted by atomic mass is 15.2. The van der Waals surface area contributed by atoms with Crippen LogP contribution in [-0.2, 0) is 5.41 Å². The first kappa shape index (κ1) is 21.5. The number of hydrogen-bond donors (Lipinski definition) is 0. The van der Waals surface area contributed by atoms with E-state index in [4.69, 9.17) is 0 Å². The summed E-state index contributed by atoms with van der Waals surface area (Å²) in [6, 6.07) is 46.9. The molecular formula is C37H27N. The van der Waals surface area contributed by atoms with Crippen LogP contribution in [0.1, 0.15) is 25.0 Å². The van der Waals surface area contributed by atoms with E-state index in [1.165, 1.54) is 72.3 Å². The number of fused-ring (bicyclic) bond motifs is 5. The van der Waals surface area contributed by atoms with Gasteiger partial charge in [0.05, 0.1) is 11.4 Å². The monoisotopic (exact) mass is 485 g/mol. The molecule has 0 fully saturated rings. The molecule has 0 atom stereocenters. The van der Waals surface area contributed by atoms with Gasteiger partial charge in [-0.05, 0) is 74.7 Å². The minimum absolute atomic E-state index is 0.0541. The molecule has 0 unspecified atom stereocenters. The second-order valence-corrected chi connectivity index (χ2v) is 11.0. The third-order valence-corrected chi connectivity index (χ3v) is 8.57. The van der Waals surface area contributed by atoms with Gasteiger partial charge in [0.15, 0.2) is 0 Å². The van der Waals surface area contributed by atoms with Gasteiger partial charge in [-0.2, -0.15) is 0 Å². The molecule has 180 valence electrons. The molecule has 0 spiro atoms. The number of rotatable bonds is 2. The van der Waals surface area contributed by atoms with Gasteiger partial charge in [-0.15, -0.1) is 0 Å². The van der Waals surface area contributed by atoms with Crippen molar-refractivity contribution >= 4 is 27.8 Å². The Morgan fingerprint density at radius 1 is 0.474 bits per heavy atom. The maximum Gasteiger partial charge on any atom is 0.0546 e. The first-order valence-corrected chi connectivity index (χ1v) is 13.4. The summed E-state index contributed by atoms with van der Waals surface area (Å²) in [5.74, 6) is 0. The molecule has 0 saturated heterocycles. The quantitative estimate of drug-likeness (QED) is 0.235. The van der Waals surface area contributed by atoms with Crippen molar-refractivity contribution in [3.8, 4) is 33.4 Å². The molecule has 0 amide bonds. The zero-order valence-corrected chi connectivity index (χ0v) is 21.6.